The van der Waals surface area contributed by atoms with Crippen LogP contribution in [-0.4, -0.2) is 76.3 Å². The molecule has 2 aromatic rings. The maximum atomic E-state index is 12.9. The van der Waals surface area contributed by atoms with Crippen LogP contribution in [0.1, 0.15) is 25.0 Å². The molecule has 13 nitrogen and oxygen atoms in total. The summed E-state index contributed by atoms with van der Waals surface area (Å²) in [5, 5.41) is 49.3. The van der Waals surface area contributed by atoms with Crippen molar-refractivity contribution in [1.82, 2.24) is 30.8 Å². The monoisotopic (exact) mass is 596 g/mol. The number of thioether (sulfide) groups is 2. The average Bonchev–Trinajstić information content (AvgIpc) is 3.37. The second-order valence-corrected chi connectivity index (χ2v) is 9.96. The van der Waals surface area contributed by atoms with Crippen LogP contribution in [0.3, 0.4) is 0 Å². The Morgan fingerprint density at radius 1 is 1.30 bits per heavy atom. The number of rotatable bonds is 9. The van der Waals surface area contributed by atoms with Gasteiger partial charge in [-0.05, 0) is 22.8 Å². The van der Waals surface area contributed by atoms with Crippen molar-refractivity contribution >= 4 is 47.3 Å². The van der Waals surface area contributed by atoms with Gasteiger partial charge in [0.25, 0.3) is 11.8 Å². The van der Waals surface area contributed by atoms with Gasteiger partial charge in [-0.3, -0.25) is 14.5 Å². The summed E-state index contributed by atoms with van der Waals surface area (Å²) in [6.07, 6.45) is -1.65. The average molecular weight is 597 g/mol. The van der Waals surface area contributed by atoms with E-state index in [1.807, 2.05) is 0 Å². The third kappa shape index (κ3) is 6.44. The second-order valence-electron chi connectivity index (χ2n) is 7.59. The van der Waals surface area contributed by atoms with Gasteiger partial charge in [-0.1, -0.05) is 49.0 Å². The van der Waals surface area contributed by atoms with Crippen LogP contribution in [0.4, 0.5) is 0 Å². The Labute approximate surface area is 304 Å². The van der Waals surface area contributed by atoms with Crippen LogP contribution >= 0.6 is 23.5 Å². The quantitative estimate of drug-likeness (QED) is 0.140. The second kappa shape index (κ2) is 14.0. The van der Waals surface area contributed by atoms with Gasteiger partial charge in [-0.15, -0.1) is 22.0 Å². The van der Waals surface area contributed by atoms with E-state index >= 15 is 0 Å². The minimum atomic E-state index is -1.92. The molecule has 2 amide bonds. The number of aliphatic hydroxyl groups is 1. The summed E-state index contributed by atoms with van der Waals surface area (Å²) in [6.45, 7) is 1.52. The summed E-state index contributed by atoms with van der Waals surface area (Å²) in [6, 6.07) is 6.96. The van der Waals surface area contributed by atoms with Gasteiger partial charge in [0.2, 0.25) is 5.16 Å². The largest absolute Gasteiger partial charge is 1.00 e. The first kappa shape index (κ1) is 33.1. The van der Waals surface area contributed by atoms with Crippen molar-refractivity contribution in [1.29, 1.82) is 0 Å². The zero-order chi connectivity index (χ0) is 25.3. The molecule has 3 N–H and O–H groups in total. The zero-order valence-electron chi connectivity index (χ0n) is 20.0. The predicted molar refractivity (Wildman–Crippen MR) is 117 cm³/mol. The molecule has 4 atom stereocenters. The van der Waals surface area contributed by atoms with Crippen LogP contribution in [0.25, 0.3) is 0 Å². The molecule has 4 rings (SSSR count). The minimum Gasteiger partial charge on any atom is -0.548 e. The SMILES string of the molecule is CCC(Sc1nn[nH]n1)(C(=O)[O-])C1=C(C(=O)[O-])N2C(=O)C(NC(=O)C(O)c3ccccc3)[C@@H]2SC1.[K+].[K+]. The van der Waals surface area contributed by atoms with E-state index in [0.717, 1.165) is 16.7 Å². The summed E-state index contributed by atoms with van der Waals surface area (Å²) in [7, 11) is 0. The number of H-pyrrole nitrogens is 1. The molecule has 3 unspecified atom stereocenters. The fourth-order valence-corrected chi connectivity index (χ4v) is 6.49. The summed E-state index contributed by atoms with van der Waals surface area (Å²) in [5.41, 5.74) is -0.392. The topological polar surface area (TPSA) is 204 Å². The first-order valence-corrected chi connectivity index (χ1v) is 12.1. The van der Waals surface area contributed by atoms with Gasteiger partial charge >= 0.3 is 103 Å². The fraction of sp³-hybridized carbons (Fsp3) is 0.350. The molecule has 0 aliphatic carbocycles. The van der Waals surface area contributed by atoms with Gasteiger partial charge in [0.05, 0.1) is 22.4 Å². The number of aliphatic carboxylic acids is 2. The number of aliphatic hydroxyl groups excluding tert-OH is 1. The van der Waals surface area contributed by atoms with Crippen LogP contribution in [0.5, 0.6) is 0 Å². The maximum absolute atomic E-state index is 12.9. The number of carbonyl (C=O) groups excluding carboxylic acids is 4. The summed E-state index contributed by atoms with van der Waals surface area (Å²) >= 11 is 1.71. The van der Waals surface area contributed by atoms with Crippen LogP contribution in [0.15, 0.2) is 46.8 Å². The standard InChI is InChI=1S/C20H20N6O7S2.2K/c1-2-20(18(32)33,35-19-22-24-25-23-19)10-8-34-16-11(15(29)26(16)12(10)17(30)31)21-14(28)13(27)9-6-4-3-5-7-9;;/h3-7,11,13,16,27H,2,8H2,1H3,(H,21,28)(H,30,31)(H,32,33)(H,22,23,24,25);;/q;2*+1/p-2/t11?,13?,16-,20?;;/m0../s1. The Kier molecular flexibility index (Phi) is 12.5. The molecule has 1 aromatic heterocycles. The molecule has 1 fully saturated rings. The van der Waals surface area contributed by atoms with Crippen molar-refractivity contribution in [2.45, 2.75) is 40.8 Å². The van der Waals surface area contributed by atoms with Gasteiger partial charge in [0.1, 0.15) is 11.4 Å². The van der Waals surface area contributed by atoms with E-state index in [2.05, 4.69) is 25.9 Å². The Balaban J connectivity index is 0.00000241. The van der Waals surface area contributed by atoms with E-state index < -0.39 is 51.7 Å². The molecule has 2 aliphatic heterocycles. The third-order valence-electron chi connectivity index (χ3n) is 5.73. The molecular weight excluding hydrogens is 579 g/mol. The van der Waals surface area contributed by atoms with Crippen molar-refractivity contribution < 1.29 is 137 Å². The Morgan fingerprint density at radius 2 is 1.97 bits per heavy atom. The number of benzene rings is 1. The molecule has 0 radical (unpaired) electrons. The van der Waals surface area contributed by atoms with Gasteiger partial charge in [0.15, 0.2) is 6.10 Å². The van der Waals surface area contributed by atoms with E-state index in [1.165, 1.54) is 6.92 Å². The Hall–Kier alpha value is -0.157. The predicted octanol–water partition coefficient (Wildman–Crippen LogP) is -8.66. The van der Waals surface area contributed by atoms with Crippen molar-refractivity contribution in [2.75, 3.05) is 5.75 Å². The number of carboxylic acid groups (broad SMARTS) is 2. The summed E-state index contributed by atoms with van der Waals surface area (Å²) in [5.74, 6) is -5.06. The van der Waals surface area contributed by atoms with Gasteiger partial charge in [-0.25, -0.2) is 0 Å². The van der Waals surface area contributed by atoms with Gasteiger partial charge in [-0.2, -0.15) is 5.21 Å². The van der Waals surface area contributed by atoms with Crippen LogP contribution in [0.2, 0.25) is 0 Å². The first-order valence-electron chi connectivity index (χ1n) is 10.3. The number of β-lactam (4-membered cyclic amide) rings is 1. The van der Waals surface area contributed by atoms with Gasteiger partial charge < -0.3 is 30.2 Å². The number of nitrogens with zero attached hydrogens (tertiary/aromatic N) is 4. The van der Waals surface area contributed by atoms with Crippen LogP contribution < -0.4 is 118 Å². The summed E-state index contributed by atoms with van der Waals surface area (Å²) in [4.78, 5) is 50.8. The number of carbonyl (C=O) groups is 4. The number of aromatic amines is 1. The minimum absolute atomic E-state index is 0. The molecule has 3 heterocycles. The van der Waals surface area contributed by atoms with Crippen LogP contribution in [0, 0.1) is 0 Å². The van der Waals surface area contributed by atoms with E-state index in [-0.39, 0.29) is 126 Å². The number of carboxylic acids is 2. The number of fused-ring (bicyclic) bond motifs is 1. The number of amides is 2. The van der Waals surface area contributed by atoms with Gasteiger partial charge in [0, 0.05) is 5.75 Å². The van der Waals surface area contributed by atoms with Crippen molar-refractivity contribution in [3.05, 3.63) is 47.2 Å². The Bertz CT molecular complexity index is 1200. The third-order valence-corrected chi connectivity index (χ3v) is 8.42. The number of tetrazole rings is 1. The van der Waals surface area contributed by atoms with E-state index in [1.54, 1.807) is 30.3 Å². The zero-order valence-corrected chi connectivity index (χ0v) is 27.9. The number of hydrogen-bond acceptors (Lipinski definition) is 12. The number of hydrogen-bond donors (Lipinski definition) is 3. The van der Waals surface area contributed by atoms with Crippen molar-refractivity contribution in [2.24, 2.45) is 0 Å². The molecule has 1 aromatic carbocycles. The molecule has 17 heteroatoms. The van der Waals surface area contributed by atoms with Crippen molar-refractivity contribution in [3.8, 4) is 0 Å². The molecule has 2 aliphatic rings. The maximum Gasteiger partial charge on any atom is 1.00 e. The first-order chi connectivity index (χ1) is 16.7. The smallest absolute Gasteiger partial charge is 0.548 e. The van der Waals surface area contributed by atoms with E-state index in [0.29, 0.717) is 17.3 Å². The fourth-order valence-electron chi connectivity index (χ4n) is 3.94. The normalized spacial score (nSPS) is 20.8. The molecular formula is C20H18K2N6O7S2. The molecule has 0 spiro atoms. The van der Waals surface area contributed by atoms with E-state index in [9.17, 15) is 34.5 Å². The molecule has 37 heavy (non-hydrogen) atoms. The van der Waals surface area contributed by atoms with E-state index in [4.69, 9.17) is 0 Å². The Morgan fingerprint density at radius 3 is 2.51 bits per heavy atom. The van der Waals surface area contributed by atoms with Crippen molar-refractivity contribution in [3.63, 3.8) is 0 Å². The molecule has 184 valence electrons. The number of aromatic nitrogens is 4. The molecule has 1 saturated heterocycles. The van der Waals surface area contributed by atoms with Crippen LogP contribution in [-0.2, 0) is 19.2 Å². The molecule has 0 saturated carbocycles. The summed E-state index contributed by atoms with van der Waals surface area (Å²) < 4.78 is -1.92. The number of nitrogens with one attached hydrogen (secondary N) is 2. The molecule has 0 bridgehead atoms.